The van der Waals surface area contributed by atoms with E-state index in [0.717, 1.165) is 16.9 Å². The number of hydrogen-bond donors (Lipinski definition) is 1. The first-order valence-corrected chi connectivity index (χ1v) is 6.16. The standard InChI is InChI=1S/C15H18N2O2/c1-11(16)13-6-7-17-15(9-13)19-14-5-3-4-12(8-14)10-18-2/h3-9,11H,10,16H2,1-2H3/t11-/m1/s1. The van der Waals surface area contributed by atoms with Gasteiger partial charge in [-0.25, -0.2) is 4.98 Å². The lowest BCUT2D eigenvalue weighted by atomic mass is 10.1. The molecule has 2 aromatic rings. The van der Waals surface area contributed by atoms with E-state index in [4.69, 9.17) is 15.2 Å². The number of pyridine rings is 1. The van der Waals surface area contributed by atoms with Gasteiger partial charge in [0.25, 0.3) is 0 Å². The van der Waals surface area contributed by atoms with Gasteiger partial charge in [-0.2, -0.15) is 0 Å². The van der Waals surface area contributed by atoms with Gasteiger partial charge in [0, 0.05) is 25.4 Å². The fourth-order valence-electron chi connectivity index (χ4n) is 1.75. The Balaban J connectivity index is 2.16. The Bertz CT molecular complexity index is 541. The summed E-state index contributed by atoms with van der Waals surface area (Å²) in [6, 6.07) is 11.4. The van der Waals surface area contributed by atoms with E-state index in [9.17, 15) is 0 Å². The van der Waals surface area contributed by atoms with E-state index in [2.05, 4.69) is 4.98 Å². The average Bonchev–Trinajstić information content (AvgIpc) is 2.40. The van der Waals surface area contributed by atoms with Gasteiger partial charge in [0.2, 0.25) is 5.88 Å². The second-order valence-corrected chi connectivity index (χ2v) is 4.40. The molecule has 100 valence electrons. The topological polar surface area (TPSA) is 57.4 Å². The van der Waals surface area contributed by atoms with Gasteiger partial charge >= 0.3 is 0 Å². The van der Waals surface area contributed by atoms with Crippen molar-refractivity contribution in [3.8, 4) is 11.6 Å². The minimum absolute atomic E-state index is 0.0369. The van der Waals surface area contributed by atoms with Crippen LogP contribution in [0.5, 0.6) is 11.6 Å². The molecule has 0 fully saturated rings. The Labute approximate surface area is 113 Å². The van der Waals surface area contributed by atoms with E-state index in [1.807, 2.05) is 43.3 Å². The summed E-state index contributed by atoms with van der Waals surface area (Å²) in [6.07, 6.45) is 1.70. The predicted molar refractivity (Wildman–Crippen MR) is 74.1 cm³/mol. The molecule has 0 amide bonds. The van der Waals surface area contributed by atoms with Gasteiger partial charge in [0.1, 0.15) is 5.75 Å². The summed E-state index contributed by atoms with van der Waals surface area (Å²) in [7, 11) is 1.67. The average molecular weight is 258 g/mol. The Kier molecular flexibility index (Phi) is 4.49. The van der Waals surface area contributed by atoms with E-state index in [0.29, 0.717) is 12.5 Å². The van der Waals surface area contributed by atoms with Gasteiger partial charge < -0.3 is 15.2 Å². The lowest BCUT2D eigenvalue weighted by molar-refractivity contribution is 0.184. The summed E-state index contributed by atoms with van der Waals surface area (Å²) in [4.78, 5) is 4.18. The molecule has 1 aromatic carbocycles. The third kappa shape index (κ3) is 3.77. The van der Waals surface area contributed by atoms with Crippen molar-refractivity contribution in [2.75, 3.05) is 7.11 Å². The fraction of sp³-hybridized carbons (Fsp3) is 0.267. The van der Waals surface area contributed by atoms with Gasteiger partial charge in [-0.3, -0.25) is 0 Å². The number of ether oxygens (including phenoxy) is 2. The first-order chi connectivity index (χ1) is 9.19. The van der Waals surface area contributed by atoms with Crippen LogP contribution in [-0.4, -0.2) is 12.1 Å². The summed E-state index contributed by atoms with van der Waals surface area (Å²) in [5, 5.41) is 0. The maximum atomic E-state index is 5.84. The summed E-state index contributed by atoms with van der Waals surface area (Å²) in [5.74, 6) is 1.29. The normalized spacial score (nSPS) is 12.2. The summed E-state index contributed by atoms with van der Waals surface area (Å²) in [6.45, 7) is 2.49. The number of nitrogens with two attached hydrogens (primary N) is 1. The number of methoxy groups -OCH3 is 1. The van der Waals surface area contributed by atoms with Gasteiger partial charge in [-0.05, 0) is 36.2 Å². The van der Waals surface area contributed by atoms with Crippen molar-refractivity contribution in [3.63, 3.8) is 0 Å². The molecule has 19 heavy (non-hydrogen) atoms. The molecule has 2 rings (SSSR count). The molecular weight excluding hydrogens is 240 g/mol. The van der Waals surface area contributed by atoms with Crippen molar-refractivity contribution in [1.82, 2.24) is 4.98 Å². The van der Waals surface area contributed by atoms with Crippen molar-refractivity contribution in [1.29, 1.82) is 0 Å². The molecule has 1 aromatic heterocycles. The zero-order chi connectivity index (χ0) is 13.7. The molecule has 0 aliphatic heterocycles. The quantitative estimate of drug-likeness (QED) is 0.895. The largest absolute Gasteiger partial charge is 0.439 e. The summed E-state index contributed by atoms with van der Waals surface area (Å²) >= 11 is 0. The first kappa shape index (κ1) is 13.5. The molecule has 4 heteroatoms. The maximum absolute atomic E-state index is 5.84. The molecule has 1 heterocycles. The molecule has 0 spiro atoms. The van der Waals surface area contributed by atoms with Crippen LogP contribution in [-0.2, 0) is 11.3 Å². The van der Waals surface area contributed by atoms with Crippen LogP contribution in [0, 0.1) is 0 Å². The zero-order valence-corrected chi connectivity index (χ0v) is 11.2. The lowest BCUT2D eigenvalue weighted by Gasteiger charge is -2.09. The highest BCUT2D eigenvalue weighted by atomic mass is 16.5. The van der Waals surface area contributed by atoms with Crippen molar-refractivity contribution in [3.05, 3.63) is 53.7 Å². The van der Waals surface area contributed by atoms with Crippen LogP contribution in [0.2, 0.25) is 0 Å². The first-order valence-electron chi connectivity index (χ1n) is 6.16. The molecule has 0 bridgehead atoms. The molecule has 0 saturated carbocycles. The van der Waals surface area contributed by atoms with Gasteiger partial charge in [-0.15, -0.1) is 0 Å². The van der Waals surface area contributed by atoms with E-state index < -0.39 is 0 Å². The van der Waals surface area contributed by atoms with Crippen molar-refractivity contribution in [2.45, 2.75) is 19.6 Å². The molecule has 0 radical (unpaired) electrons. The second kappa shape index (κ2) is 6.31. The summed E-state index contributed by atoms with van der Waals surface area (Å²) in [5.41, 5.74) is 7.90. The third-order valence-electron chi connectivity index (χ3n) is 2.72. The summed E-state index contributed by atoms with van der Waals surface area (Å²) < 4.78 is 10.8. The number of benzene rings is 1. The van der Waals surface area contributed by atoms with E-state index >= 15 is 0 Å². The van der Waals surface area contributed by atoms with E-state index in [1.165, 1.54) is 0 Å². The minimum atomic E-state index is -0.0369. The van der Waals surface area contributed by atoms with E-state index in [1.54, 1.807) is 13.3 Å². The Morgan fingerprint density at radius 2 is 2.11 bits per heavy atom. The smallest absolute Gasteiger partial charge is 0.219 e. The number of hydrogen-bond acceptors (Lipinski definition) is 4. The molecule has 0 unspecified atom stereocenters. The molecule has 2 N–H and O–H groups in total. The van der Waals surface area contributed by atoms with E-state index in [-0.39, 0.29) is 6.04 Å². The SMILES string of the molecule is COCc1cccc(Oc2cc([C@@H](C)N)ccn2)c1. The van der Waals surface area contributed by atoms with Crippen molar-refractivity contribution in [2.24, 2.45) is 5.73 Å². The fourth-order valence-corrected chi connectivity index (χ4v) is 1.75. The van der Waals surface area contributed by atoms with Crippen molar-refractivity contribution >= 4 is 0 Å². The monoisotopic (exact) mass is 258 g/mol. The maximum Gasteiger partial charge on any atom is 0.219 e. The highest BCUT2D eigenvalue weighted by Crippen LogP contribution is 2.22. The third-order valence-corrected chi connectivity index (χ3v) is 2.72. The molecule has 0 saturated heterocycles. The lowest BCUT2D eigenvalue weighted by Crippen LogP contribution is -2.05. The van der Waals surface area contributed by atoms with Crippen LogP contribution in [0.3, 0.4) is 0 Å². The number of rotatable bonds is 5. The Hall–Kier alpha value is -1.91. The van der Waals surface area contributed by atoms with Crippen molar-refractivity contribution < 1.29 is 9.47 Å². The van der Waals surface area contributed by atoms with Gasteiger partial charge in [0.15, 0.2) is 0 Å². The van der Waals surface area contributed by atoms with Crippen LogP contribution in [0.15, 0.2) is 42.6 Å². The van der Waals surface area contributed by atoms with Crippen LogP contribution in [0.25, 0.3) is 0 Å². The Morgan fingerprint density at radius 1 is 1.26 bits per heavy atom. The predicted octanol–water partition coefficient (Wildman–Crippen LogP) is 3.04. The molecule has 0 aliphatic rings. The molecule has 4 nitrogen and oxygen atoms in total. The zero-order valence-electron chi connectivity index (χ0n) is 11.2. The molecule has 1 atom stereocenters. The van der Waals surface area contributed by atoms with Crippen LogP contribution >= 0.6 is 0 Å². The van der Waals surface area contributed by atoms with Crippen LogP contribution in [0.1, 0.15) is 24.1 Å². The van der Waals surface area contributed by atoms with Gasteiger partial charge in [0.05, 0.1) is 6.61 Å². The molecular formula is C15H18N2O2. The molecule has 0 aliphatic carbocycles. The highest BCUT2D eigenvalue weighted by molar-refractivity contribution is 5.32. The highest BCUT2D eigenvalue weighted by Gasteiger charge is 2.04. The number of aromatic nitrogens is 1. The Morgan fingerprint density at radius 3 is 2.84 bits per heavy atom. The number of nitrogens with zero attached hydrogens (tertiary/aromatic N) is 1. The van der Waals surface area contributed by atoms with Crippen LogP contribution < -0.4 is 10.5 Å². The van der Waals surface area contributed by atoms with Gasteiger partial charge in [-0.1, -0.05) is 12.1 Å². The van der Waals surface area contributed by atoms with Crippen LogP contribution in [0.4, 0.5) is 0 Å². The minimum Gasteiger partial charge on any atom is -0.439 e. The second-order valence-electron chi connectivity index (χ2n) is 4.40.